The van der Waals surface area contributed by atoms with Gasteiger partial charge in [-0.3, -0.25) is 9.59 Å². The minimum absolute atomic E-state index is 0.00606. The Morgan fingerprint density at radius 3 is 2.79 bits per heavy atom. The van der Waals surface area contributed by atoms with Crippen molar-refractivity contribution in [2.45, 2.75) is 38.6 Å². The number of ether oxygens (including phenoxy) is 1. The van der Waals surface area contributed by atoms with Crippen molar-refractivity contribution in [3.8, 4) is 5.75 Å². The molecular formula is C23H25N3O3. The van der Waals surface area contributed by atoms with Gasteiger partial charge in [-0.25, -0.2) is 4.98 Å². The summed E-state index contributed by atoms with van der Waals surface area (Å²) >= 11 is 0. The van der Waals surface area contributed by atoms with Crippen LogP contribution in [0.4, 0.5) is 0 Å². The Bertz CT molecular complexity index is 1020. The van der Waals surface area contributed by atoms with Crippen LogP contribution in [-0.2, 0) is 4.79 Å². The molecule has 1 N–H and O–H groups in total. The number of aryl methyl sites for hydroxylation is 1. The van der Waals surface area contributed by atoms with Crippen molar-refractivity contribution in [3.05, 3.63) is 59.4 Å². The van der Waals surface area contributed by atoms with Crippen LogP contribution in [0, 0.1) is 6.92 Å². The number of ketones is 1. The van der Waals surface area contributed by atoms with E-state index in [0.717, 1.165) is 41.0 Å². The average Bonchev–Trinajstić information content (AvgIpc) is 3.38. The zero-order chi connectivity index (χ0) is 20.4. The highest BCUT2D eigenvalue weighted by molar-refractivity contribution is 5.98. The second-order valence-corrected chi connectivity index (χ2v) is 7.49. The Balaban J connectivity index is 1.42. The van der Waals surface area contributed by atoms with E-state index >= 15 is 0 Å². The second kappa shape index (κ2) is 8.07. The molecule has 0 unspecified atom stereocenters. The maximum atomic E-state index is 12.9. The Kier molecular flexibility index (Phi) is 5.34. The van der Waals surface area contributed by atoms with Crippen LogP contribution in [-0.4, -0.2) is 40.2 Å². The third-order valence-electron chi connectivity index (χ3n) is 5.58. The number of nitrogens with one attached hydrogen (secondary N) is 1. The van der Waals surface area contributed by atoms with Gasteiger partial charge in [-0.1, -0.05) is 12.1 Å². The molecule has 0 aliphatic carbocycles. The zero-order valence-electron chi connectivity index (χ0n) is 16.8. The lowest BCUT2D eigenvalue weighted by atomic mass is 10.0. The van der Waals surface area contributed by atoms with E-state index in [9.17, 15) is 9.59 Å². The molecule has 0 saturated carbocycles. The van der Waals surface area contributed by atoms with E-state index in [1.807, 2.05) is 42.2 Å². The van der Waals surface area contributed by atoms with Crippen LogP contribution in [0.25, 0.3) is 11.0 Å². The number of fused-ring (bicyclic) bond motifs is 1. The largest absolute Gasteiger partial charge is 0.496 e. The van der Waals surface area contributed by atoms with Gasteiger partial charge in [0.25, 0.3) is 0 Å². The number of carbonyl (C=O) groups excluding carboxylic acids is 2. The number of hydrogen-bond acceptors (Lipinski definition) is 4. The van der Waals surface area contributed by atoms with Gasteiger partial charge in [0, 0.05) is 24.9 Å². The third-order valence-corrected chi connectivity index (χ3v) is 5.58. The van der Waals surface area contributed by atoms with E-state index in [-0.39, 0.29) is 30.6 Å². The summed E-state index contributed by atoms with van der Waals surface area (Å²) in [6.07, 6.45) is 2.24. The molecule has 1 saturated heterocycles. The number of para-hydroxylation sites is 2. The number of amides is 1. The van der Waals surface area contributed by atoms with E-state index < -0.39 is 0 Å². The van der Waals surface area contributed by atoms with E-state index in [4.69, 9.17) is 4.74 Å². The summed E-state index contributed by atoms with van der Waals surface area (Å²) in [6, 6.07) is 13.2. The number of H-pyrrole nitrogens is 1. The van der Waals surface area contributed by atoms with E-state index in [1.54, 1.807) is 19.2 Å². The van der Waals surface area contributed by atoms with E-state index in [0.29, 0.717) is 12.1 Å². The van der Waals surface area contributed by atoms with E-state index in [1.165, 1.54) is 0 Å². The fourth-order valence-corrected chi connectivity index (χ4v) is 4.04. The molecule has 29 heavy (non-hydrogen) atoms. The molecular weight excluding hydrogens is 366 g/mol. The van der Waals surface area contributed by atoms with Crippen LogP contribution in [0.5, 0.6) is 5.75 Å². The highest BCUT2D eigenvalue weighted by atomic mass is 16.5. The number of rotatable bonds is 6. The first kappa shape index (κ1) is 19.2. The zero-order valence-corrected chi connectivity index (χ0v) is 16.8. The molecule has 2 aromatic carbocycles. The molecule has 3 aromatic rings. The molecule has 150 valence electrons. The molecule has 0 radical (unpaired) electrons. The Hall–Kier alpha value is -3.15. The topological polar surface area (TPSA) is 75.3 Å². The summed E-state index contributed by atoms with van der Waals surface area (Å²) < 4.78 is 5.24. The summed E-state index contributed by atoms with van der Waals surface area (Å²) in [4.78, 5) is 35.3. The van der Waals surface area contributed by atoms with Gasteiger partial charge in [0.15, 0.2) is 5.78 Å². The van der Waals surface area contributed by atoms with Gasteiger partial charge in [0.05, 0.1) is 24.2 Å². The van der Waals surface area contributed by atoms with Crippen molar-refractivity contribution in [1.29, 1.82) is 0 Å². The lowest BCUT2D eigenvalue weighted by Gasteiger charge is -2.23. The van der Waals surface area contributed by atoms with Crippen molar-refractivity contribution in [3.63, 3.8) is 0 Å². The average molecular weight is 391 g/mol. The lowest BCUT2D eigenvalue weighted by Crippen LogP contribution is -2.31. The minimum Gasteiger partial charge on any atom is -0.496 e. The number of Topliss-reactive ketones (excluding diaryl/α,β-unsaturated/α-hetero) is 1. The van der Waals surface area contributed by atoms with Crippen LogP contribution < -0.4 is 4.74 Å². The van der Waals surface area contributed by atoms with Crippen molar-refractivity contribution >= 4 is 22.7 Å². The van der Waals surface area contributed by atoms with Crippen LogP contribution in [0.3, 0.4) is 0 Å². The van der Waals surface area contributed by atoms with E-state index in [2.05, 4.69) is 9.97 Å². The fourth-order valence-electron chi connectivity index (χ4n) is 4.04. The highest BCUT2D eigenvalue weighted by Crippen LogP contribution is 2.32. The molecule has 6 heteroatoms. The van der Waals surface area contributed by atoms with Gasteiger partial charge in [0.1, 0.15) is 11.6 Å². The summed E-state index contributed by atoms with van der Waals surface area (Å²) in [6.45, 7) is 2.61. The van der Waals surface area contributed by atoms with Gasteiger partial charge in [-0.05, 0) is 55.7 Å². The Labute approximate surface area is 169 Å². The molecule has 0 bridgehead atoms. The summed E-state index contributed by atoms with van der Waals surface area (Å²) in [5.74, 6) is 1.56. The molecule has 1 aliphatic heterocycles. The molecule has 1 aliphatic rings. The van der Waals surface area contributed by atoms with Gasteiger partial charge in [-0.15, -0.1) is 0 Å². The number of carbonyl (C=O) groups is 2. The van der Waals surface area contributed by atoms with Crippen LogP contribution >= 0.6 is 0 Å². The number of imidazole rings is 1. The predicted molar refractivity (Wildman–Crippen MR) is 111 cm³/mol. The number of benzene rings is 2. The lowest BCUT2D eigenvalue weighted by molar-refractivity contribution is -0.132. The predicted octanol–water partition coefficient (Wildman–Crippen LogP) is 4.21. The third kappa shape index (κ3) is 3.88. The summed E-state index contributed by atoms with van der Waals surface area (Å²) in [7, 11) is 1.61. The van der Waals surface area contributed by atoms with Gasteiger partial charge >= 0.3 is 0 Å². The van der Waals surface area contributed by atoms with Crippen LogP contribution in [0.15, 0.2) is 42.5 Å². The van der Waals surface area contributed by atoms with Crippen molar-refractivity contribution in [1.82, 2.24) is 14.9 Å². The molecule has 0 spiro atoms. The molecule has 1 aromatic heterocycles. The maximum Gasteiger partial charge on any atom is 0.223 e. The Morgan fingerprint density at radius 2 is 2.03 bits per heavy atom. The van der Waals surface area contributed by atoms with Gasteiger partial charge in [-0.2, -0.15) is 0 Å². The second-order valence-electron chi connectivity index (χ2n) is 7.49. The first-order chi connectivity index (χ1) is 14.1. The number of aromatic amines is 1. The minimum atomic E-state index is -0.0479. The van der Waals surface area contributed by atoms with Crippen LogP contribution in [0.1, 0.15) is 53.5 Å². The van der Waals surface area contributed by atoms with Crippen LogP contribution in [0.2, 0.25) is 0 Å². The quantitative estimate of drug-likeness (QED) is 0.639. The summed E-state index contributed by atoms with van der Waals surface area (Å²) in [5.41, 5.74) is 3.42. The molecule has 4 rings (SSSR count). The van der Waals surface area contributed by atoms with Gasteiger partial charge in [0.2, 0.25) is 5.91 Å². The number of nitrogens with zero attached hydrogens (tertiary/aromatic N) is 2. The standard InChI is InChI=1S/C23H25N3O3/c1-15-14-16(9-11-21(15)29-2)20(27)10-12-22(28)26-13-5-8-19(26)23-24-17-6-3-4-7-18(17)25-23/h3-4,6-7,9,11,14,19H,5,8,10,12-13H2,1-2H3,(H,24,25)/t19-/m1/s1. The first-order valence-electron chi connectivity index (χ1n) is 9.99. The molecule has 1 atom stereocenters. The molecule has 1 amide bonds. The number of aromatic nitrogens is 2. The van der Waals surface area contributed by atoms with Crippen molar-refractivity contribution in [2.24, 2.45) is 0 Å². The number of hydrogen-bond donors (Lipinski definition) is 1. The molecule has 6 nitrogen and oxygen atoms in total. The first-order valence-corrected chi connectivity index (χ1v) is 9.99. The SMILES string of the molecule is COc1ccc(C(=O)CCC(=O)N2CCC[C@@H]2c2nc3ccccc3[nH]2)cc1C. The number of methoxy groups -OCH3 is 1. The van der Waals surface area contributed by atoms with Gasteiger partial charge < -0.3 is 14.6 Å². The normalized spacial score (nSPS) is 16.3. The maximum absolute atomic E-state index is 12.9. The fraction of sp³-hybridized carbons (Fsp3) is 0.348. The molecule has 1 fully saturated rings. The highest BCUT2D eigenvalue weighted by Gasteiger charge is 2.32. The van der Waals surface area contributed by atoms with Crippen molar-refractivity contribution < 1.29 is 14.3 Å². The Morgan fingerprint density at radius 1 is 1.21 bits per heavy atom. The smallest absolute Gasteiger partial charge is 0.223 e. The van der Waals surface area contributed by atoms with Crippen molar-refractivity contribution in [2.75, 3.05) is 13.7 Å². The summed E-state index contributed by atoms with van der Waals surface area (Å²) in [5, 5.41) is 0. The molecule has 2 heterocycles. The number of likely N-dealkylation sites (tertiary alicyclic amines) is 1. The monoisotopic (exact) mass is 391 g/mol.